The minimum absolute atomic E-state index is 0.177. The lowest BCUT2D eigenvalue weighted by Crippen LogP contribution is -2.07. The van der Waals surface area contributed by atoms with Crippen molar-refractivity contribution >= 4 is 22.2 Å². The Balaban J connectivity index is 2.16. The summed E-state index contributed by atoms with van der Waals surface area (Å²) in [7, 11) is 2.95. The van der Waals surface area contributed by atoms with E-state index in [-0.39, 0.29) is 22.6 Å². The van der Waals surface area contributed by atoms with E-state index in [1.54, 1.807) is 66.7 Å². The fraction of sp³-hybridized carbons (Fsp3) is 0.0769. The SMILES string of the molecule is COc1cc2cc([N+](=O)[O-])c(-c3ccc(C#N)cc3)c(C(=O)c3ccccc3)c2cc1OC. The highest BCUT2D eigenvalue weighted by atomic mass is 16.6. The number of fused-ring (bicyclic) bond motifs is 1. The quantitative estimate of drug-likeness (QED) is 0.223. The molecule has 0 atom stereocenters. The summed E-state index contributed by atoms with van der Waals surface area (Å²) in [5.74, 6) is 0.422. The topological polar surface area (TPSA) is 102 Å². The molecular weight excluding hydrogens is 420 g/mol. The predicted molar refractivity (Wildman–Crippen MR) is 124 cm³/mol. The molecule has 0 heterocycles. The van der Waals surface area contributed by atoms with Crippen LogP contribution in [0.25, 0.3) is 21.9 Å². The van der Waals surface area contributed by atoms with Gasteiger partial charge in [0.15, 0.2) is 17.3 Å². The summed E-state index contributed by atoms with van der Waals surface area (Å²) < 4.78 is 10.8. The van der Waals surface area contributed by atoms with Crippen LogP contribution in [-0.4, -0.2) is 24.9 Å². The Morgan fingerprint density at radius 1 is 0.939 bits per heavy atom. The number of hydrogen-bond acceptors (Lipinski definition) is 6. The van der Waals surface area contributed by atoms with Gasteiger partial charge in [0, 0.05) is 17.2 Å². The number of carbonyl (C=O) groups is 1. The number of ketones is 1. The van der Waals surface area contributed by atoms with Gasteiger partial charge in [0.25, 0.3) is 5.69 Å². The van der Waals surface area contributed by atoms with Gasteiger partial charge in [-0.05, 0) is 40.6 Å². The smallest absolute Gasteiger partial charge is 0.278 e. The van der Waals surface area contributed by atoms with Crippen LogP contribution in [0.2, 0.25) is 0 Å². The maximum absolute atomic E-state index is 13.8. The van der Waals surface area contributed by atoms with Gasteiger partial charge in [0.1, 0.15) is 0 Å². The number of nitriles is 1. The fourth-order valence-corrected chi connectivity index (χ4v) is 3.83. The summed E-state index contributed by atoms with van der Waals surface area (Å²) in [6.45, 7) is 0. The number of carbonyl (C=O) groups excluding carboxylic acids is 1. The zero-order valence-corrected chi connectivity index (χ0v) is 17.9. The van der Waals surface area contributed by atoms with Gasteiger partial charge in [-0.3, -0.25) is 14.9 Å². The van der Waals surface area contributed by atoms with Crippen LogP contribution in [0.4, 0.5) is 5.69 Å². The second-order valence-electron chi connectivity index (χ2n) is 7.22. The maximum atomic E-state index is 13.8. The van der Waals surface area contributed by atoms with Gasteiger partial charge in [-0.1, -0.05) is 42.5 Å². The molecule has 0 aliphatic rings. The number of nitro benzene ring substituents is 1. The third-order valence-corrected chi connectivity index (χ3v) is 5.39. The highest BCUT2D eigenvalue weighted by molar-refractivity contribution is 6.22. The average Bonchev–Trinajstić information content (AvgIpc) is 2.86. The van der Waals surface area contributed by atoms with Crippen molar-refractivity contribution in [2.45, 2.75) is 0 Å². The van der Waals surface area contributed by atoms with Crippen molar-refractivity contribution in [1.82, 2.24) is 0 Å². The number of benzene rings is 4. The van der Waals surface area contributed by atoms with Crippen LogP contribution in [0.1, 0.15) is 21.5 Å². The van der Waals surface area contributed by atoms with E-state index < -0.39 is 4.92 Å². The van der Waals surface area contributed by atoms with Crippen LogP contribution >= 0.6 is 0 Å². The number of hydrogen-bond donors (Lipinski definition) is 0. The monoisotopic (exact) mass is 438 g/mol. The van der Waals surface area contributed by atoms with Crippen molar-refractivity contribution in [1.29, 1.82) is 5.26 Å². The molecule has 0 aliphatic carbocycles. The van der Waals surface area contributed by atoms with Crippen LogP contribution in [0.15, 0.2) is 72.8 Å². The Kier molecular flexibility index (Phi) is 5.75. The highest BCUT2D eigenvalue weighted by Gasteiger charge is 2.28. The molecule has 0 radical (unpaired) electrons. The first-order valence-corrected chi connectivity index (χ1v) is 9.96. The first-order valence-electron chi connectivity index (χ1n) is 9.96. The van der Waals surface area contributed by atoms with Crippen molar-refractivity contribution in [2.24, 2.45) is 0 Å². The summed E-state index contributed by atoms with van der Waals surface area (Å²) in [6, 6.07) is 21.7. The average molecular weight is 438 g/mol. The first kappa shape index (κ1) is 21.5. The van der Waals surface area contributed by atoms with Crippen LogP contribution < -0.4 is 9.47 Å². The zero-order valence-electron chi connectivity index (χ0n) is 17.9. The molecule has 0 bridgehead atoms. The molecule has 7 heteroatoms. The molecule has 0 spiro atoms. The van der Waals surface area contributed by atoms with E-state index >= 15 is 0 Å². The number of rotatable bonds is 6. The third-order valence-electron chi connectivity index (χ3n) is 5.39. The number of nitro groups is 1. The van der Waals surface area contributed by atoms with E-state index in [2.05, 4.69) is 0 Å². The van der Waals surface area contributed by atoms with Gasteiger partial charge in [-0.15, -0.1) is 0 Å². The molecular formula is C26H18N2O5. The maximum Gasteiger partial charge on any atom is 0.278 e. The molecule has 7 nitrogen and oxygen atoms in total. The summed E-state index contributed by atoms with van der Waals surface area (Å²) in [6.07, 6.45) is 0. The lowest BCUT2D eigenvalue weighted by molar-refractivity contribution is -0.384. The standard InChI is InChI=1S/C26H18N2O5/c1-32-22-13-19-12-21(28(30)31)24(17-10-8-16(15-27)9-11-17)25(20(19)14-23(22)33-2)26(29)18-6-4-3-5-7-18/h3-14H,1-2H3. The minimum Gasteiger partial charge on any atom is -0.493 e. The summed E-state index contributed by atoms with van der Waals surface area (Å²) in [4.78, 5) is 25.4. The van der Waals surface area contributed by atoms with Gasteiger partial charge in [0.2, 0.25) is 0 Å². The van der Waals surface area contributed by atoms with E-state index in [0.717, 1.165) is 0 Å². The first-order chi connectivity index (χ1) is 16.0. The van der Waals surface area contributed by atoms with Crippen LogP contribution in [0, 0.1) is 21.4 Å². The van der Waals surface area contributed by atoms with Gasteiger partial charge in [-0.2, -0.15) is 5.26 Å². The Morgan fingerprint density at radius 3 is 2.15 bits per heavy atom. The lowest BCUT2D eigenvalue weighted by Gasteiger charge is -2.16. The summed E-state index contributed by atoms with van der Waals surface area (Å²) in [5, 5.41) is 22.2. The normalized spacial score (nSPS) is 10.5. The molecule has 0 N–H and O–H groups in total. The van der Waals surface area contributed by atoms with Gasteiger partial charge >= 0.3 is 0 Å². The number of methoxy groups -OCH3 is 2. The minimum atomic E-state index is -0.508. The Morgan fingerprint density at radius 2 is 1.58 bits per heavy atom. The molecule has 33 heavy (non-hydrogen) atoms. The van der Waals surface area contributed by atoms with Crippen molar-refractivity contribution in [3.8, 4) is 28.7 Å². The third kappa shape index (κ3) is 3.86. The van der Waals surface area contributed by atoms with E-state index in [4.69, 9.17) is 14.7 Å². The highest BCUT2D eigenvalue weighted by Crippen LogP contribution is 2.43. The van der Waals surface area contributed by atoms with E-state index in [1.807, 2.05) is 6.07 Å². The zero-order chi connectivity index (χ0) is 23.5. The molecule has 0 saturated carbocycles. The molecule has 0 aliphatic heterocycles. The van der Waals surface area contributed by atoms with Crippen molar-refractivity contribution in [2.75, 3.05) is 14.2 Å². The molecule has 0 amide bonds. The lowest BCUT2D eigenvalue weighted by atomic mass is 9.87. The molecule has 0 saturated heterocycles. The van der Waals surface area contributed by atoms with Gasteiger partial charge in [-0.25, -0.2) is 0 Å². The van der Waals surface area contributed by atoms with Crippen molar-refractivity contribution in [3.63, 3.8) is 0 Å². The summed E-state index contributed by atoms with van der Waals surface area (Å²) >= 11 is 0. The van der Waals surface area contributed by atoms with E-state index in [1.165, 1.54) is 20.3 Å². The number of nitrogens with zero attached hydrogens (tertiary/aromatic N) is 2. The van der Waals surface area contributed by atoms with Crippen LogP contribution in [-0.2, 0) is 0 Å². The molecule has 0 aromatic heterocycles. The van der Waals surface area contributed by atoms with Crippen molar-refractivity contribution < 1.29 is 19.2 Å². The Hall–Kier alpha value is -4.70. The van der Waals surface area contributed by atoms with Crippen LogP contribution in [0.5, 0.6) is 11.5 Å². The molecule has 4 aromatic carbocycles. The molecule has 0 fully saturated rings. The molecule has 162 valence electrons. The molecule has 0 unspecified atom stereocenters. The fourth-order valence-electron chi connectivity index (χ4n) is 3.83. The predicted octanol–water partition coefficient (Wildman–Crippen LogP) is 5.53. The van der Waals surface area contributed by atoms with Gasteiger partial charge < -0.3 is 9.47 Å². The second kappa shape index (κ2) is 8.81. The second-order valence-corrected chi connectivity index (χ2v) is 7.22. The number of ether oxygens (including phenoxy) is 2. The Bertz CT molecular complexity index is 1420. The summed E-state index contributed by atoms with van der Waals surface area (Å²) in [5.41, 5.74) is 1.39. The van der Waals surface area contributed by atoms with E-state index in [9.17, 15) is 14.9 Å². The molecule has 4 rings (SSSR count). The van der Waals surface area contributed by atoms with Crippen LogP contribution in [0.3, 0.4) is 0 Å². The molecule has 4 aromatic rings. The van der Waals surface area contributed by atoms with Gasteiger partial charge in [0.05, 0.1) is 36.3 Å². The van der Waals surface area contributed by atoms with E-state index in [0.29, 0.717) is 39.0 Å². The Labute approximate surface area is 189 Å². The largest absolute Gasteiger partial charge is 0.493 e. The van der Waals surface area contributed by atoms with Crippen molar-refractivity contribution in [3.05, 3.63) is 99.6 Å².